The van der Waals surface area contributed by atoms with Crippen LogP contribution in [-0.2, 0) is 4.79 Å². The van der Waals surface area contributed by atoms with E-state index in [4.69, 9.17) is 0 Å². The van der Waals surface area contributed by atoms with Gasteiger partial charge in [0.1, 0.15) is 5.75 Å². The zero-order valence-corrected chi connectivity index (χ0v) is 13.4. The van der Waals surface area contributed by atoms with Crippen molar-refractivity contribution >= 4 is 27.7 Å². The van der Waals surface area contributed by atoms with Gasteiger partial charge in [0, 0.05) is 19.2 Å². The number of halogens is 1. The molecule has 5 nitrogen and oxygen atoms in total. The first kappa shape index (κ1) is 16.5. The summed E-state index contributed by atoms with van der Waals surface area (Å²) >= 11 is 3.15. The number of hydrogen-bond acceptors (Lipinski definition) is 3. The van der Waals surface area contributed by atoms with Gasteiger partial charge in [-0.05, 0) is 40.0 Å². The topological polar surface area (TPSA) is 69.6 Å². The zero-order valence-electron chi connectivity index (χ0n) is 11.8. The van der Waals surface area contributed by atoms with Gasteiger partial charge in [0.05, 0.1) is 11.0 Å². The summed E-state index contributed by atoms with van der Waals surface area (Å²) in [7, 11) is 1.55. The molecule has 0 aromatic heterocycles. The van der Waals surface area contributed by atoms with Crippen molar-refractivity contribution in [2.45, 2.75) is 13.8 Å². The lowest BCUT2D eigenvalue weighted by Gasteiger charge is -2.17. The second kappa shape index (κ2) is 7.28. The van der Waals surface area contributed by atoms with Crippen LogP contribution in [0.1, 0.15) is 24.2 Å². The molecule has 2 amide bonds. The first-order valence-electron chi connectivity index (χ1n) is 6.32. The fourth-order valence-electron chi connectivity index (χ4n) is 1.53. The molecule has 0 spiro atoms. The molecule has 1 rings (SSSR count). The van der Waals surface area contributed by atoms with Crippen molar-refractivity contribution in [3.8, 4) is 5.75 Å². The number of aromatic hydroxyl groups is 1. The molecular weight excluding hydrogens is 324 g/mol. The van der Waals surface area contributed by atoms with Crippen molar-refractivity contribution in [3.05, 3.63) is 28.2 Å². The molecule has 20 heavy (non-hydrogen) atoms. The third-order valence-electron chi connectivity index (χ3n) is 2.63. The summed E-state index contributed by atoms with van der Waals surface area (Å²) in [6.07, 6.45) is 0. The second-order valence-corrected chi connectivity index (χ2v) is 5.88. The molecule has 0 atom stereocenters. The van der Waals surface area contributed by atoms with Gasteiger partial charge in [0.2, 0.25) is 5.91 Å². The number of phenols is 1. The van der Waals surface area contributed by atoms with Crippen LogP contribution in [0.4, 0.5) is 0 Å². The van der Waals surface area contributed by atoms with Crippen LogP contribution < -0.4 is 5.32 Å². The molecule has 0 saturated carbocycles. The smallest absolute Gasteiger partial charge is 0.254 e. The number of amides is 2. The van der Waals surface area contributed by atoms with E-state index in [1.165, 1.54) is 11.0 Å². The number of nitrogens with zero attached hydrogens (tertiary/aromatic N) is 1. The molecule has 6 heteroatoms. The Morgan fingerprint density at radius 2 is 2.05 bits per heavy atom. The number of hydrogen-bond donors (Lipinski definition) is 2. The molecule has 1 aromatic carbocycles. The van der Waals surface area contributed by atoms with Gasteiger partial charge in [-0.3, -0.25) is 9.59 Å². The quantitative estimate of drug-likeness (QED) is 0.859. The number of rotatable bonds is 5. The average molecular weight is 343 g/mol. The normalized spacial score (nSPS) is 10.4. The number of benzene rings is 1. The Morgan fingerprint density at radius 3 is 2.60 bits per heavy atom. The summed E-state index contributed by atoms with van der Waals surface area (Å²) in [6, 6.07) is 4.55. The minimum Gasteiger partial charge on any atom is -0.507 e. The van der Waals surface area contributed by atoms with Crippen LogP contribution >= 0.6 is 15.9 Å². The van der Waals surface area contributed by atoms with Crippen LogP contribution in [0.15, 0.2) is 22.7 Å². The molecule has 0 aliphatic rings. The Hall–Kier alpha value is -1.56. The average Bonchev–Trinajstić information content (AvgIpc) is 2.38. The van der Waals surface area contributed by atoms with Gasteiger partial charge in [-0.25, -0.2) is 0 Å². The van der Waals surface area contributed by atoms with E-state index >= 15 is 0 Å². The number of carbonyl (C=O) groups excluding carboxylic acids is 2. The van der Waals surface area contributed by atoms with Crippen LogP contribution in [0, 0.1) is 5.92 Å². The summed E-state index contributed by atoms with van der Waals surface area (Å²) in [5.74, 6) is -0.153. The highest BCUT2D eigenvalue weighted by atomic mass is 79.9. The Morgan fingerprint density at radius 1 is 1.40 bits per heavy atom. The number of likely N-dealkylation sites (N-methyl/N-ethyl adjacent to an activating group) is 1. The van der Waals surface area contributed by atoms with Crippen LogP contribution in [0.5, 0.6) is 5.75 Å². The highest BCUT2D eigenvalue weighted by Gasteiger charge is 2.16. The standard InChI is InChI=1S/C14H19BrN2O3/c1-9(2)7-16-13(19)8-17(3)14(20)10-4-5-11(15)12(18)6-10/h4-6,9,18H,7-8H2,1-3H3,(H,16,19). The van der Waals surface area contributed by atoms with E-state index in [2.05, 4.69) is 21.2 Å². The third-order valence-corrected chi connectivity index (χ3v) is 3.30. The molecule has 1 aromatic rings. The van der Waals surface area contributed by atoms with Gasteiger partial charge in [0.25, 0.3) is 5.91 Å². The maximum Gasteiger partial charge on any atom is 0.254 e. The Bertz CT molecular complexity index is 503. The van der Waals surface area contributed by atoms with E-state index in [0.717, 1.165) is 0 Å². The lowest BCUT2D eigenvalue weighted by atomic mass is 10.2. The Kier molecular flexibility index (Phi) is 6.01. The maximum absolute atomic E-state index is 12.1. The van der Waals surface area contributed by atoms with E-state index in [9.17, 15) is 14.7 Å². The molecule has 0 unspecified atom stereocenters. The van der Waals surface area contributed by atoms with Crippen molar-refractivity contribution in [3.63, 3.8) is 0 Å². The Labute approximate surface area is 127 Å². The van der Waals surface area contributed by atoms with E-state index in [0.29, 0.717) is 22.5 Å². The zero-order chi connectivity index (χ0) is 15.3. The molecule has 0 heterocycles. The van der Waals surface area contributed by atoms with E-state index in [-0.39, 0.29) is 24.1 Å². The van der Waals surface area contributed by atoms with Gasteiger partial charge >= 0.3 is 0 Å². The van der Waals surface area contributed by atoms with E-state index in [1.54, 1.807) is 19.2 Å². The molecule has 0 aliphatic carbocycles. The highest BCUT2D eigenvalue weighted by Crippen LogP contribution is 2.24. The molecule has 0 aliphatic heterocycles. The van der Waals surface area contributed by atoms with Gasteiger partial charge in [-0.1, -0.05) is 13.8 Å². The molecule has 0 fully saturated rings. The number of phenolic OH excluding ortho intramolecular Hbond substituents is 1. The summed E-state index contributed by atoms with van der Waals surface area (Å²) in [6.45, 7) is 4.57. The third kappa shape index (κ3) is 4.85. The minimum atomic E-state index is -0.313. The summed E-state index contributed by atoms with van der Waals surface area (Å²) in [5.41, 5.74) is 0.338. The summed E-state index contributed by atoms with van der Waals surface area (Å²) < 4.78 is 0.520. The van der Waals surface area contributed by atoms with Gasteiger partial charge in [0.15, 0.2) is 0 Å². The van der Waals surface area contributed by atoms with E-state index in [1.807, 2.05) is 13.8 Å². The summed E-state index contributed by atoms with van der Waals surface area (Å²) in [4.78, 5) is 25.1. The monoisotopic (exact) mass is 342 g/mol. The van der Waals surface area contributed by atoms with Crippen LogP contribution in [0.3, 0.4) is 0 Å². The summed E-state index contributed by atoms with van der Waals surface area (Å²) in [5, 5.41) is 12.3. The lowest BCUT2D eigenvalue weighted by Crippen LogP contribution is -2.39. The largest absolute Gasteiger partial charge is 0.507 e. The maximum atomic E-state index is 12.1. The fraction of sp³-hybridized carbons (Fsp3) is 0.429. The molecular formula is C14H19BrN2O3. The van der Waals surface area contributed by atoms with Crippen LogP contribution in [0.2, 0.25) is 0 Å². The van der Waals surface area contributed by atoms with Gasteiger partial charge < -0.3 is 15.3 Å². The van der Waals surface area contributed by atoms with Crippen molar-refractivity contribution < 1.29 is 14.7 Å². The van der Waals surface area contributed by atoms with Gasteiger partial charge in [-0.15, -0.1) is 0 Å². The van der Waals surface area contributed by atoms with Gasteiger partial charge in [-0.2, -0.15) is 0 Å². The Balaban J connectivity index is 2.62. The minimum absolute atomic E-state index is 0.00601. The number of nitrogens with one attached hydrogen (secondary N) is 1. The first-order chi connectivity index (χ1) is 9.31. The van der Waals surface area contributed by atoms with Crippen molar-refractivity contribution in [2.75, 3.05) is 20.1 Å². The first-order valence-corrected chi connectivity index (χ1v) is 7.11. The molecule has 0 radical (unpaired) electrons. The molecule has 2 N–H and O–H groups in total. The molecule has 110 valence electrons. The van der Waals surface area contributed by atoms with Crippen LogP contribution in [-0.4, -0.2) is 42.0 Å². The fourth-order valence-corrected chi connectivity index (χ4v) is 1.77. The van der Waals surface area contributed by atoms with Crippen molar-refractivity contribution in [2.24, 2.45) is 5.92 Å². The lowest BCUT2D eigenvalue weighted by molar-refractivity contribution is -0.121. The predicted molar refractivity (Wildman–Crippen MR) is 80.6 cm³/mol. The van der Waals surface area contributed by atoms with E-state index < -0.39 is 0 Å². The molecule has 0 saturated heterocycles. The van der Waals surface area contributed by atoms with Crippen LogP contribution in [0.25, 0.3) is 0 Å². The molecule has 0 bridgehead atoms. The SMILES string of the molecule is CC(C)CNC(=O)CN(C)C(=O)c1ccc(Br)c(O)c1. The number of carbonyl (C=O) groups is 2. The van der Waals surface area contributed by atoms with Crippen molar-refractivity contribution in [1.82, 2.24) is 10.2 Å². The van der Waals surface area contributed by atoms with Crippen molar-refractivity contribution in [1.29, 1.82) is 0 Å². The second-order valence-electron chi connectivity index (χ2n) is 5.03. The predicted octanol–water partition coefficient (Wildman–Crippen LogP) is 2.00. The highest BCUT2D eigenvalue weighted by molar-refractivity contribution is 9.10.